The van der Waals surface area contributed by atoms with Crippen molar-refractivity contribution in [1.82, 2.24) is 25.0 Å². The van der Waals surface area contributed by atoms with Gasteiger partial charge in [-0.1, -0.05) is 20.8 Å². The number of aromatic nitrogens is 5. The Morgan fingerprint density at radius 1 is 1.17 bits per heavy atom. The van der Waals surface area contributed by atoms with E-state index in [9.17, 15) is 8.78 Å². The number of alkyl halides is 2. The molecule has 2 aromatic rings. The summed E-state index contributed by atoms with van der Waals surface area (Å²) in [5.74, 6) is -1.66. The van der Waals surface area contributed by atoms with Crippen LogP contribution in [0.4, 0.5) is 14.6 Å². The summed E-state index contributed by atoms with van der Waals surface area (Å²) in [6.45, 7) is 6.97. The summed E-state index contributed by atoms with van der Waals surface area (Å²) in [7, 11) is 0. The third-order valence-electron chi connectivity index (χ3n) is 4.33. The highest BCUT2D eigenvalue weighted by Gasteiger charge is 2.40. The predicted octanol–water partition coefficient (Wildman–Crippen LogP) is 1.94. The van der Waals surface area contributed by atoms with E-state index >= 15 is 0 Å². The molecule has 0 spiro atoms. The third kappa shape index (κ3) is 2.60. The molecule has 130 valence electrons. The van der Waals surface area contributed by atoms with Crippen molar-refractivity contribution in [2.75, 3.05) is 31.2 Å². The molecule has 0 radical (unpaired) electrons. The van der Waals surface area contributed by atoms with E-state index in [1.807, 2.05) is 20.8 Å². The molecule has 2 aliphatic heterocycles. The van der Waals surface area contributed by atoms with Gasteiger partial charge in [-0.3, -0.25) is 0 Å². The van der Waals surface area contributed by atoms with Gasteiger partial charge in [0, 0.05) is 18.4 Å². The topological polar surface area (TPSA) is 69.0 Å². The van der Waals surface area contributed by atoms with E-state index in [0.29, 0.717) is 36.0 Å². The molecule has 4 rings (SSSR count). The molecule has 0 N–H and O–H groups in total. The second kappa shape index (κ2) is 5.05. The molecule has 7 nitrogen and oxygen atoms in total. The molecule has 0 saturated carbocycles. The van der Waals surface area contributed by atoms with Gasteiger partial charge < -0.3 is 9.64 Å². The van der Waals surface area contributed by atoms with Gasteiger partial charge in [-0.2, -0.15) is 4.80 Å². The lowest BCUT2D eigenvalue weighted by atomic mass is 9.96. The first kappa shape index (κ1) is 15.6. The van der Waals surface area contributed by atoms with Crippen molar-refractivity contribution < 1.29 is 13.5 Å². The monoisotopic (exact) mass is 338 g/mol. The van der Waals surface area contributed by atoms with E-state index in [2.05, 4.69) is 20.2 Å². The summed E-state index contributed by atoms with van der Waals surface area (Å²) in [6.07, 6.45) is -0.173. The Hall–Kier alpha value is -1.90. The van der Waals surface area contributed by atoms with E-state index in [1.54, 1.807) is 9.70 Å². The molecule has 0 bridgehead atoms. The second-order valence-corrected chi connectivity index (χ2v) is 7.53. The van der Waals surface area contributed by atoms with Crippen LogP contribution in [0.15, 0.2) is 0 Å². The van der Waals surface area contributed by atoms with Crippen LogP contribution in [0, 0.1) is 0 Å². The van der Waals surface area contributed by atoms with Gasteiger partial charge in [-0.05, 0) is 0 Å². The lowest BCUT2D eigenvalue weighted by molar-refractivity contribution is -0.0344. The summed E-state index contributed by atoms with van der Waals surface area (Å²) in [5.41, 5.74) is 0.619. The number of anilines is 1. The number of fused-ring (bicyclic) bond motifs is 1. The van der Waals surface area contributed by atoms with Crippen LogP contribution in [0.2, 0.25) is 0 Å². The maximum Gasteiger partial charge on any atom is 0.266 e. The highest BCUT2D eigenvalue weighted by Crippen LogP contribution is 2.34. The zero-order valence-corrected chi connectivity index (χ0v) is 14.0. The van der Waals surface area contributed by atoms with Crippen molar-refractivity contribution in [3.8, 4) is 0 Å². The number of hydrogen-bond donors (Lipinski definition) is 0. The van der Waals surface area contributed by atoms with Crippen molar-refractivity contribution in [1.29, 1.82) is 0 Å². The number of rotatable bonds is 2. The van der Waals surface area contributed by atoms with Gasteiger partial charge in [-0.25, -0.2) is 18.7 Å². The average Bonchev–Trinajstić information content (AvgIpc) is 2.97. The summed E-state index contributed by atoms with van der Waals surface area (Å²) >= 11 is 0. The van der Waals surface area contributed by atoms with Gasteiger partial charge in [0.25, 0.3) is 5.92 Å². The Morgan fingerprint density at radius 2 is 1.92 bits per heavy atom. The first-order valence-corrected chi connectivity index (χ1v) is 8.08. The Balaban J connectivity index is 1.83. The fourth-order valence-electron chi connectivity index (χ4n) is 2.81. The van der Waals surface area contributed by atoms with Crippen molar-refractivity contribution >= 4 is 17.0 Å². The Labute approximate surface area is 138 Å². The number of halogens is 2. The maximum absolute atomic E-state index is 13.7. The van der Waals surface area contributed by atoms with Crippen LogP contribution in [0.1, 0.15) is 39.1 Å². The Morgan fingerprint density at radius 3 is 2.46 bits per heavy atom. The minimum Gasteiger partial charge on any atom is -0.377 e. The molecule has 2 aromatic heterocycles. The van der Waals surface area contributed by atoms with Crippen molar-refractivity contribution in [2.24, 2.45) is 0 Å². The van der Waals surface area contributed by atoms with Gasteiger partial charge in [0.15, 0.2) is 11.3 Å². The third-order valence-corrected chi connectivity index (χ3v) is 4.33. The highest BCUT2D eigenvalue weighted by molar-refractivity contribution is 5.82. The Kier molecular flexibility index (Phi) is 3.28. The first-order valence-electron chi connectivity index (χ1n) is 8.08. The van der Waals surface area contributed by atoms with Crippen molar-refractivity contribution in [3.63, 3.8) is 0 Å². The van der Waals surface area contributed by atoms with Crippen LogP contribution in [0.5, 0.6) is 0 Å². The van der Waals surface area contributed by atoms with E-state index < -0.39 is 5.92 Å². The molecular formula is C15H20F2N6O. The molecule has 0 unspecified atom stereocenters. The SMILES string of the molecule is CC(C)(C)c1nc(N2CCC(F)(F)C2)c2nn(C3COC3)nc2n1. The van der Waals surface area contributed by atoms with Gasteiger partial charge in [0.2, 0.25) is 5.65 Å². The molecular weight excluding hydrogens is 318 g/mol. The predicted molar refractivity (Wildman–Crippen MR) is 83.5 cm³/mol. The number of ether oxygens (including phenoxy) is 1. The molecule has 9 heteroatoms. The highest BCUT2D eigenvalue weighted by atomic mass is 19.3. The van der Waals surface area contributed by atoms with Crippen molar-refractivity contribution in [2.45, 2.75) is 44.6 Å². The van der Waals surface area contributed by atoms with E-state index in [-0.39, 0.29) is 31.0 Å². The lowest BCUT2D eigenvalue weighted by Crippen LogP contribution is -2.32. The van der Waals surface area contributed by atoms with E-state index in [1.165, 1.54) is 0 Å². The fraction of sp³-hybridized carbons (Fsp3) is 0.733. The second-order valence-electron chi connectivity index (χ2n) is 7.53. The molecule has 0 aliphatic carbocycles. The molecule has 2 aliphatic rings. The molecule has 4 heterocycles. The smallest absolute Gasteiger partial charge is 0.266 e. The van der Waals surface area contributed by atoms with Crippen LogP contribution in [0.3, 0.4) is 0 Å². The fourth-order valence-corrected chi connectivity index (χ4v) is 2.81. The molecule has 0 aromatic carbocycles. The first-order chi connectivity index (χ1) is 11.2. The summed E-state index contributed by atoms with van der Waals surface area (Å²) in [4.78, 5) is 12.3. The average molecular weight is 338 g/mol. The minimum atomic E-state index is -2.70. The van der Waals surface area contributed by atoms with Crippen LogP contribution in [-0.2, 0) is 10.2 Å². The maximum atomic E-state index is 13.7. The van der Waals surface area contributed by atoms with Crippen molar-refractivity contribution in [3.05, 3.63) is 5.82 Å². The van der Waals surface area contributed by atoms with Gasteiger partial charge in [-0.15, -0.1) is 10.2 Å². The Bertz CT molecular complexity index is 780. The molecule has 2 fully saturated rings. The number of hydrogen-bond acceptors (Lipinski definition) is 6. The van der Waals surface area contributed by atoms with E-state index in [4.69, 9.17) is 4.74 Å². The quantitative estimate of drug-likeness (QED) is 0.833. The zero-order chi connectivity index (χ0) is 17.1. The van der Waals surface area contributed by atoms with Gasteiger partial charge in [0.05, 0.1) is 19.8 Å². The summed E-state index contributed by atoms with van der Waals surface area (Å²) in [5, 5.41) is 8.90. The van der Waals surface area contributed by atoms with Crippen LogP contribution in [-0.4, -0.2) is 57.2 Å². The molecule has 2 saturated heterocycles. The standard InChI is InChI=1S/C15H20F2N6O/c1-14(2,3)13-18-11-10(20-23(21-11)9-6-24-7-9)12(19-13)22-5-4-15(16,17)8-22/h9H,4-8H2,1-3H3. The van der Waals surface area contributed by atoms with Crippen LogP contribution < -0.4 is 4.90 Å². The van der Waals surface area contributed by atoms with Crippen LogP contribution >= 0.6 is 0 Å². The molecule has 24 heavy (non-hydrogen) atoms. The lowest BCUT2D eigenvalue weighted by Gasteiger charge is -2.24. The van der Waals surface area contributed by atoms with Crippen LogP contribution in [0.25, 0.3) is 11.2 Å². The van der Waals surface area contributed by atoms with Gasteiger partial charge >= 0.3 is 0 Å². The molecule has 0 amide bonds. The zero-order valence-electron chi connectivity index (χ0n) is 14.0. The summed E-state index contributed by atoms with van der Waals surface area (Å²) in [6, 6.07) is 0.0742. The normalized spacial score (nSPS) is 21.5. The number of nitrogens with zero attached hydrogens (tertiary/aromatic N) is 6. The largest absolute Gasteiger partial charge is 0.377 e. The molecule has 0 atom stereocenters. The summed E-state index contributed by atoms with van der Waals surface area (Å²) < 4.78 is 32.5. The van der Waals surface area contributed by atoms with E-state index in [0.717, 1.165) is 0 Å². The minimum absolute atomic E-state index is 0.0742. The van der Waals surface area contributed by atoms with Gasteiger partial charge in [0.1, 0.15) is 11.9 Å².